The third-order valence-electron chi connectivity index (χ3n) is 5.32. The van der Waals surface area contributed by atoms with Gasteiger partial charge in [0.05, 0.1) is 10.1 Å². The van der Waals surface area contributed by atoms with Crippen molar-refractivity contribution in [3.63, 3.8) is 0 Å². The first-order valence-corrected chi connectivity index (χ1v) is 12.8. The van der Waals surface area contributed by atoms with Crippen molar-refractivity contribution >= 4 is 38.8 Å². The molecule has 32 heavy (non-hydrogen) atoms. The van der Waals surface area contributed by atoms with Crippen molar-refractivity contribution < 1.29 is 42.5 Å². The summed E-state index contributed by atoms with van der Waals surface area (Å²) < 4.78 is 32.7. The van der Waals surface area contributed by atoms with Crippen LogP contribution in [0.2, 0.25) is 0 Å². The topological polar surface area (TPSA) is 60.4 Å². The van der Waals surface area contributed by atoms with Gasteiger partial charge in [-0.05, 0) is 41.7 Å². The zero-order valence-corrected chi connectivity index (χ0v) is 22.0. The van der Waals surface area contributed by atoms with Gasteiger partial charge >= 0.3 is 29.6 Å². The fraction of sp³-hybridized carbons (Fsp3) is 0.200. The molecule has 0 aromatic heterocycles. The van der Waals surface area contributed by atoms with Crippen LogP contribution in [0.4, 0.5) is 11.4 Å². The number of thioether (sulfide) groups is 1. The molecule has 3 aromatic carbocycles. The Balaban J connectivity index is 0.00000289. The molecule has 0 radical (unpaired) electrons. The Labute approximate surface area is 216 Å². The molecule has 0 atom stereocenters. The summed E-state index contributed by atoms with van der Waals surface area (Å²) in [4.78, 5) is 3.48. The molecule has 0 amide bonds. The summed E-state index contributed by atoms with van der Waals surface area (Å²) in [6.07, 6.45) is 0.352. The number of benzene rings is 3. The molecule has 0 fully saturated rings. The van der Waals surface area contributed by atoms with E-state index < -0.39 is 10.1 Å². The molecule has 1 heterocycles. The van der Waals surface area contributed by atoms with Crippen molar-refractivity contribution in [3.8, 4) is 0 Å². The monoisotopic (exact) mass is 473 g/mol. The summed E-state index contributed by atoms with van der Waals surface area (Å²) in [5.41, 5.74) is 7.05. The van der Waals surface area contributed by atoms with E-state index in [9.17, 15) is 13.0 Å². The van der Waals surface area contributed by atoms with Crippen LogP contribution in [0.15, 0.2) is 83.8 Å². The molecule has 0 aliphatic carbocycles. The van der Waals surface area contributed by atoms with E-state index >= 15 is 0 Å². The molecule has 0 saturated heterocycles. The maximum Gasteiger partial charge on any atom is 1.00 e. The van der Waals surface area contributed by atoms with Gasteiger partial charge in [-0.25, -0.2) is 8.42 Å². The van der Waals surface area contributed by atoms with Crippen LogP contribution in [-0.2, 0) is 16.7 Å². The van der Waals surface area contributed by atoms with E-state index in [0.29, 0.717) is 12.2 Å². The molecular weight excluding hydrogens is 449 g/mol. The molecule has 0 unspecified atom stereocenters. The first-order valence-electron chi connectivity index (χ1n) is 10.2. The molecule has 0 spiro atoms. The van der Waals surface area contributed by atoms with Gasteiger partial charge in [0.1, 0.15) is 0 Å². The number of hydrogen-bond donors (Lipinski definition) is 0. The molecule has 1 aliphatic heterocycles. The molecule has 4 rings (SSSR count). The van der Waals surface area contributed by atoms with Gasteiger partial charge in [-0.2, -0.15) is 0 Å². The van der Waals surface area contributed by atoms with Crippen molar-refractivity contribution in [2.75, 3.05) is 16.4 Å². The van der Waals surface area contributed by atoms with Crippen LogP contribution in [0.3, 0.4) is 0 Å². The Hall–Kier alpha value is -1.54. The average Bonchev–Trinajstić information content (AvgIpc) is 2.76. The van der Waals surface area contributed by atoms with Gasteiger partial charge in [0.2, 0.25) is 0 Å². The summed E-state index contributed by atoms with van der Waals surface area (Å²) in [5, 5.41) is 0. The van der Waals surface area contributed by atoms with Crippen molar-refractivity contribution in [2.45, 2.75) is 19.9 Å². The summed E-state index contributed by atoms with van der Waals surface area (Å²) in [7, 11) is -4.17. The number of para-hydroxylation sites is 2. The second-order valence-corrected chi connectivity index (χ2v) is 10.3. The van der Waals surface area contributed by atoms with Crippen LogP contribution in [0, 0.1) is 0 Å². The molecule has 7 heteroatoms. The van der Waals surface area contributed by atoms with Crippen LogP contribution in [0.1, 0.15) is 30.0 Å². The number of rotatable bonds is 7. The minimum Gasteiger partial charge on any atom is -0.748 e. The molecule has 4 nitrogen and oxygen atoms in total. The van der Waals surface area contributed by atoms with Crippen molar-refractivity contribution in [2.24, 2.45) is 0 Å². The van der Waals surface area contributed by atoms with Gasteiger partial charge < -0.3 is 9.45 Å². The van der Waals surface area contributed by atoms with Crippen molar-refractivity contribution in [1.82, 2.24) is 0 Å². The SMILES string of the molecule is CC(SCCCS(=O)(=O)[O-])=C1c2ccccc2N(Cc2ccccc2)c2ccccc21.[Na+]. The number of allylic oxidation sites excluding steroid dienone is 1. The van der Waals surface area contributed by atoms with Gasteiger partial charge in [-0.15, -0.1) is 11.8 Å². The second kappa shape index (κ2) is 11.1. The zero-order chi connectivity index (χ0) is 21.8. The van der Waals surface area contributed by atoms with E-state index in [4.69, 9.17) is 0 Å². The summed E-state index contributed by atoms with van der Waals surface area (Å²) in [6, 6.07) is 27.2. The summed E-state index contributed by atoms with van der Waals surface area (Å²) >= 11 is 1.61. The minimum atomic E-state index is -4.17. The second-order valence-electron chi connectivity index (χ2n) is 7.50. The van der Waals surface area contributed by atoms with E-state index in [-0.39, 0.29) is 35.3 Å². The van der Waals surface area contributed by atoms with Gasteiger partial charge in [0, 0.05) is 40.4 Å². The van der Waals surface area contributed by atoms with Crippen LogP contribution in [-0.4, -0.2) is 24.5 Å². The maximum absolute atomic E-state index is 10.9. The van der Waals surface area contributed by atoms with Gasteiger partial charge in [-0.3, -0.25) is 0 Å². The van der Waals surface area contributed by atoms with E-state index in [1.165, 1.54) is 22.3 Å². The number of nitrogens with zero attached hydrogens (tertiary/aromatic N) is 1. The third kappa shape index (κ3) is 5.87. The Morgan fingerprint density at radius 2 is 1.41 bits per heavy atom. The minimum absolute atomic E-state index is 0. The number of fused-ring (bicyclic) bond motifs is 2. The van der Waals surface area contributed by atoms with E-state index in [0.717, 1.165) is 22.8 Å². The normalized spacial score (nSPS) is 12.6. The fourth-order valence-corrected chi connectivity index (χ4v) is 5.60. The molecule has 160 valence electrons. The Morgan fingerprint density at radius 1 is 0.875 bits per heavy atom. The average molecular weight is 474 g/mol. The predicted octanol–water partition coefficient (Wildman–Crippen LogP) is 2.79. The zero-order valence-electron chi connectivity index (χ0n) is 18.3. The predicted molar refractivity (Wildman–Crippen MR) is 129 cm³/mol. The van der Waals surface area contributed by atoms with Gasteiger partial charge in [0.15, 0.2) is 0 Å². The largest absolute Gasteiger partial charge is 1.00 e. The van der Waals surface area contributed by atoms with Crippen molar-refractivity contribution in [1.29, 1.82) is 0 Å². The van der Waals surface area contributed by atoms with E-state index in [2.05, 4.69) is 84.6 Å². The molecular formula is C25H24NNaO3S2. The smallest absolute Gasteiger partial charge is 0.748 e. The molecule has 3 aromatic rings. The number of hydrogen-bond acceptors (Lipinski definition) is 5. The van der Waals surface area contributed by atoms with Crippen LogP contribution in [0.25, 0.3) is 5.57 Å². The Bertz CT molecular complexity index is 1160. The maximum atomic E-state index is 10.9. The van der Waals surface area contributed by atoms with Crippen LogP contribution in [0.5, 0.6) is 0 Å². The Kier molecular flexibility index (Phi) is 8.67. The van der Waals surface area contributed by atoms with Gasteiger partial charge in [0.25, 0.3) is 0 Å². The Morgan fingerprint density at radius 3 is 1.97 bits per heavy atom. The van der Waals surface area contributed by atoms with Crippen LogP contribution >= 0.6 is 11.8 Å². The summed E-state index contributed by atoms with van der Waals surface area (Å²) in [5.74, 6) is 0.273. The standard InChI is InChI=1S/C25H25NO3S2.Na/c1-19(30-16-9-17-31(27,28)29)25-21-12-5-7-14-23(21)26(18-20-10-3-2-4-11-20)24-15-8-6-13-22(24)25;/h2-8,10-15H,9,16-18H2,1H3,(H,27,28,29);/q;+1/p-1. The summed E-state index contributed by atoms with van der Waals surface area (Å²) in [6.45, 7) is 2.85. The van der Waals surface area contributed by atoms with Gasteiger partial charge in [-0.1, -0.05) is 66.7 Å². The van der Waals surface area contributed by atoms with E-state index in [1.807, 2.05) is 6.07 Å². The van der Waals surface area contributed by atoms with Crippen LogP contribution < -0.4 is 34.5 Å². The first kappa shape index (κ1) is 25.1. The quantitative estimate of drug-likeness (QED) is 0.300. The molecule has 1 aliphatic rings. The number of anilines is 2. The van der Waals surface area contributed by atoms with Crippen molar-refractivity contribution in [3.05, 3.63) is 100 Å². The first-order chi connectivity index (χ1) is 14.9. The molecule has 0 N–H and O–H groups in total. The van der Waals surface area contributed by atoms with E-state index in [1.54, 1.807) is 11.8 Å². The molecule has 0 saturated carbocycles. The third-order valence-corrected chi connectivity index (χ3v) is 7.24. The molecule has 0 bridgehead atoms. The fourth-order valence-electron chi connectivity index (χ4n) is 3.96.